The van der Waals surface area contributed by atoms with Crippen LogP contribution in [0, 0.1) is 11.6 Å². The molecule has 2 rings (SSSR count). The molecule has 2 aromatic carbocycles. The Balaban J connectivity index is 1.88. The van der Waals surface area contributed by atoms with Gasteiger partial charge >= 0.3 is 0 Å². The second kappa shape index (κ2) is 8.63. The van der Waals surface area contributed by atoms with Crippen molar-refractivity contribution >= 4 is 23.2 Å². The fourth-order valence-electron chi connectivity index (χ4n) is 2.32. The third kappa shape index (κ3) is 6.83. The Kier molecular flexibility index (Phi) is 6.95. The van der Waals surface area contributed by atoms with Gasteiger partial charge in [-0.25, -0.2) is 8.78 Å². The second-order valence-electron chi connectivity index (χ2n) is 7.37. The van der Waals surface area contributed by atoms with E-state index in [-0.39, 0.29) is 23.3 Å². The average molecular weight is 419 g/mol. The van der Waals surface area contributed by atoms with Crippen LogP contribution in [0.25, 0.3) is 0 Å². The van der Waals surface area contributed by atoms with Gasteiger partial charge in [-0.2, -0.15) is 0 Å². The van der Waals surface area contributed by atoms with Gasteiger partial charge in [0, 0.05) is 12.1 Å². The Morgan fingerprint density at radius 1 is 0.741 bits per heavy atom. The van der Waals surface area contributed by atoms with Crippen LogP contribution < -0.4 is 9.47 Å². The van der Waals surface area contributed by atoms with E-state index in [1.165, 1.54) is 36.4 Å². The van der Waals surface area contributed by atoms with Crippen LogP contribution in [0.4, 0.5) is 8.78 Å². The molecule has 0 fully saturated rings. The van der Waals surface area contributed by atoms with Crippen molar-refractivity contribution in [2.45, 2.75) is 38.9 Å². The van der Waals surface area contributed by atoms with Crippen molar-refractivity contribution < 1.29 is 23.0 Å². The summed E-state index contributed by atoms with van der Waals surface area (Å²) >= 11 is 11.5. The highest BCUT2D eigenvalue weighted by Gasteiger charge is 2.25. The lowest BCUT2D eigenvalue weighted by atomic mass is 10.1. The Hall–Kier alpha value is -1.56. The van der Waals surface area contributed by atoms with Crippen LogP contribution in [0.15, 0.2) is 36.4 Å². The van der Waals surface area contributed by atoms with Gasteiger partial charge in [-0.3, -0.25) is 0 Å². The summed E-state index contributed by atoms with van der Waals surface area (Å²) in [6.07, 6.45) is 0. The number of hydrogen-bond acceptors (Lipinski definition) is 3. The Bertz CT molecular complexity index is 729. The molecule has 0 aliphatic rings. The SMILES string of the molecule is CC(C)(COCC(C)(C)Oc1ccc(F)c(Cl)c1)Oc1ccc(F)c(Cl)c1. The van der Waals surface area contributed by atoms with Crippen LogP contribution in [0.3, 0.4) is 0 Å². The molecule has 0 atom stereocenters. The first-order valence-corrected chi connectivity index (χ1v) is 9.09. The van der Waals surface area contributed by atoms with E-state index in [0.29, 0.717) is 11.5 Å². The van der Waals surface area contributed by atoms with Crippen LogP contribution >= 0.6 is 23.2 Å². The maximum absolute atomic E-state index is 13.2. The monoisotopic (exact) mass is 418 g/mol. The van der Waals surface area contributed by atoms with Crippen LogP contribution in [0.2, 0.25) is 10.0 Å². The molecular formula is C20H22Cl2F2O3. The largest absolute Gasteiger partial charge is 0.485 e. The zero-order chi connectivity index (χ0) is 20.2. The molecular weight excluding hydrogens is 397 g/mol. The molecule has 0 radical (unpaired) electrons. The molecule has 0 aromatic heterocycles. The van der Waals surface area contributed by atoms with E-state index in [1.807, 2.05) is 27.7 Å². The highest BCUT2D eigenvalue weighted by molar-refractivity contribution is 6.31. The van der Waals surface area contributed by atoms with E-state index in [2.05, 4.69) is 0 Å². The summed E-state index contributed by atoms with van der Waals surface area (Å²) in [4.78, 5) is 0. The molecule has 0 saturated carbocycles. The number of ether oxygens (including phenoxy) is 3. The topological polar surface area (TPSA) is 27.7 Å². The summed E-state index contributed by atoms with van der Waals surface area (Å²) < 4.78 is 43.9. The summed E-state index contributed by atoms with van der Waals surface area (Å²) in [6, 6.07) is 8.36. The fraction of sp³-hybridized carbons (Fsp3) is 0.400. The van der Waals surface area contributed by atoms with Crippen molar-refractivity contribution in [3.05, 3.63) is 58.1 Å². The maximum Gasteiger partial charge on any atom is 0.142 e. The van der Waals surface area contributed by atoms with E-state index >= 15 is 0 Å². The first-order chi connectivity index (χ1) is 12.5. The van der Waals surface area contributed by atoms with Crippen LogP contribution in [0.1, 0.15) is 27.7 Å². The highest BCUT2D eigenvalue weighted by atomic mass is 35.5. The zero-order valence-electron chi connectivity index (χ0n) is 15.6. The van der Waals surface area contributed by atoms with Gasteiger partial charge in [0.05, 0.1) is 23.3 Å². The predicted molar refractivity (Wildman–Crippen MR) is 103 cm³/mol. The number of benzene rings is 2. The van der Waals surface area contributed by atoms with Crippen LogP contribution in [0.5, 0.6) is 11.5 Å². The minimum Gasteiger partial charge on any atom is -0.485 e. The van der Waals surface area contributed by atoms with Crippen molar-refractivity contribution in [3.63, 3.8) is 0 Å². The van der Waals surface area contributed by atoms with Crippen molar-refractivity contribution in [2.75, 3.05) is 13.2 Å². The molecule has 7 heteroatoms. The van der Waals surface area contributed by atoms with Gasteiger partial charge in [0.2, 0.25) is 0 Å². The predicted octanol–water partition coefficient (Wildman–Crippen LogP) is 6.30. The van der Waals surface area contributed by atoms with E-state index in [4.69, 9.17) is 37.4 Å². The minimum absolute atomic E-state index is 0.00305. The van der Waals surface area contributed by atoms with Gasteiger partial charge in [-0.1, -0.05) is 23.2 Å². The fourth-order valence-corrected chi connectivity index (χ4v) is 2.66. The van der Waals surface area contributed by atoms with Gasteiger partial charge in [-0.15, -0.1) is 0 Å². The molecule has 0 heterocycles. The standard InChI is InChI=1S/C20H22Cl2F2O3/c1-19(2,26-13-5-7-17(23)15(21)9-13)11-25-12-20(3,4)27-14-6-8-18(24)16(22)10-14/h5-10H,11-12H2,1-4H3. The Labute approximate surface area is 168 Å². The van der Waals surface area contributed by atoms with Crippen molar-refractivity contribution in [1.29, 1.82) is 0 Å². The van der Waals surface area contributed by atoms with Crippen LogP contribution in [-0.2, 0) is 4.74 Å². The van der Waals surface area contributed by atoms with Crippen molar-refractivity contribution in [2.24, 2.45) is 0 Å². The average Bonchev–Trinajstić information content (AvgIpc) is 2.53. The quantitative estimate of drug-likeness (QED) is 0.502. The molecule has 0 N–H and O–H groups in total. The van der Waals surface area contributed by atoms with Gasteiger partial charge < -0.3 is 14.2 Å². The third-order valence-electron chi connectivity index (χ3n) is 3.47. The molecule has 0 aliphatic heterocycles. The number of hydrogen-bond donors (Lipinski definition) is 0. The molecule has 0 saturated heterocycles. The van der Waals surface area contributed by atoms with E-state index in [1.54, 1.807) is 0 Å². The molecule has 0 amide bonds. The van der Waals surface area contributed by atoms with Gasteiger partial charge in [-0.05, 0) is 52.0 Å². The lowest BCUT2D eigenvalue weighted by molar-refractivity contribution is -0.0532. The smallest absolute Gasteiger partial charge is 0.142 e. The van der Waals surface area contributed by atoms with Crippen LogP contribution in [-0.4, -0.2) is 24.4 Å². The molecule has 0 bridgehead atoms. The third-order valence-corrected chi connectivity index (χ3v) is 4.05. The summed E-state index contributed by atoms with van der Waals surface area (Å²) in [5.41, 5.74) is -1.34. The van der Waals surface area contributed by atoms with Gasteiger partial charge in [0.25, 0.3) is 0 Å². The lowest BCUT2D eigenvalue weighted by Crippen LogP contribution is -2.39. The molecule has 148 valence electrons. The summed E-state index contributed by atoms with van der Waals surface area (Å²) in [5.74, 6) is -0.103. The van der Waals surface area contributed by atoms with Gasteiger partial charge in [0.15, 0.2) is 0 Å². The zero-order valence-corrected chi connectivity index (χ0v) is 17.1. The first-order valence-electron chi connectivity index (χ1n) is 8.33. The van der Waals surface area contributed by atoms with E-state index in [0.717, 1.165) is 0 Å². The normalized spacial score (nSPS) is 12.1. The Morgan fingerprint density at radius 2 is 1.11 bits per heavy atom. The lowest BCUT2D eigenvalue weighted by Gasteiger charge is -2.30. The Morgan fingerprint density at radius 3 is 1.44 bits per heavy atom. The second-order valence-corrected chi connectivity index (χ2v) is 8.18. The summed E-state index contributed by atoms with van der Waals surface area (Å²) in [5, 5.41) is -0.00609. The molecule has 3 nitrogen and oxygen atoms in total. The number of rotatable bonds is 8. The van der Waals surface area contributed by atoms with Gasteiger partial charge in [0.1, 0.15) is 34.3 Å². The van der Waals surface area contributed by atoms with Crippen molar-refractivity contribution in [3.8, 4) is 11.5 Å². The van der Waals surface area contributed by atoms with E-state index < -0.39 is 22.8 Å². The molecule has 2 aromatic rings. The van der Waals surface area contributed by atoms with E-state index in [9.17, 15) is 8.78 Å². The first kappa shape index (κ1) is 21.7. The number of halogens is 4. The molecule has 0 spiro atoms. The maximum atomic E-state index is 13.2. The summed E-state index contributed by atoms with van der Waals surface area (Å²) in [7, 11) is 0. The minimum atomic E-state index is -0.670. The molecule has 27 heavy (non-hydrogen) atoms. The summed E-state index contributed by atoms with van der Waals surface area (Å²) in [6.45, 7) is 7.91. The molecule has 0 aliphatic carbocycles. The highest BCUT2D eigenvalue weighted by Crippen LogP contribution is 2.26. The van der Waals surface area contributed by atoms with Crippen molar-refractivity contribution in [1.82, 2.24) is 0 Å². The molecule has 0 unspecified atom stereocenters.